The standard InChI is InChI=1S/C28H32O5/c1-29-27-17-25(31-19-23-13-7-3-8-14-23)28(32-20-24-15-9-4-10-16-24)26(33-27)21-30-18-22-11-5-2-6-12-22/h2-16,25-28H,17-21H2,1H3/t25-,26-,27-,28+/m1/s1/i17D/t17?,25-,26-,27-,28+. The first-order chi connectivity index (χ1) is 16.7. The Morgan fingerprint density at radius 2 is 1.27 bits per heavy atom. The summed E-state index contributed by atoms with van der Waals surface area (Å²) in [5.74, 6) is 0. The molecule has 5 heteroatoms. The maximum absolute atomic E-state index is 8.77. The lowest BCUT2D eigenvalue weighted by atomic mass is 10.0. The van der Waals surface area contributed by atoms with Crippen molar-refractivity contribution in [2.24, 2.45) is 0 Å². The van der Waals surface area contributed by atoms with E-state index in [1.165, 1.54) is 0 Å². The van der Waals surface area contributed by atoms with Gasteiger partial charge in [-0.25, -0.2) is 0 Å². The maximum atomic E-state index is 8.77. The zero-order chi connectivity index (χ0) is 23.6. The van der Waals surface area contributed by atoms with Crippen molar-refractivity contribution in [3.63, 3.8) is 0 Å². The summed E-state index contributed by atoms with van der Waals surface area (Å²) in [6.45, 7) is 1.52. The van der Waals surface area contributed by atoms with Gasteiger partial charge in [0.15, 0.2) is 6.29 Å². The van der Waals surface area contributed by atoms with Crippen molar-refractivity contribution in [2.45, 2.75) is 50.8 Å². The van der Waals surface area contributed by atoms with Gasteiger partial charge in [-0.3, -0.25) is 0 Å². The quantitative estimate of drug-likeness (QED) is 0.406. The molecule has 5 nitrogen and oxygen atoms in total. The van der Waals surface area contributed by atoms with Crippen molar-refractivity contribution in [2.75, 3.05) is 13.7 Å². The predicted octanol–water partition coefficient (Wildman–Crippen LogP) is 5.14. The smallest absolute Gasteiger partial charge is 0.160 e. The van der Waals surface area contributed by atoms with E-state index in [0.29, 0.717) is 26.4 Å². The van der Waals surface area contributed by atoms with Crippen molar-refractivity contribution in [1.82, 2.24) is 0 Å². The molecule has 0 saturated carbocycles. The molecule has 0 amide bonds. The van der Waals surface area contributed by atoms with Crippen molar-refractivity contribution < 1.29 is 25.1 Å². The van der Waals surface area contributed by atoms with Crippen LogP contribution in [0.5, 0.6) is 0 Å². The van der Waals surface area contributed by atoms with E-state index in [9.17, 15) is 0 Å². The van der Waals surface area contributed by atoms with Gasteiger partial charge in [-0.15, -0.1) is 0 Å². The van der Waals surface area contributed by atoms with Crippen molar-refractivity contribution >= 4 is 0 Å². The number of rotatable bonds is 11. The average molecular weight is 450 g/mol. The van der Waals surface area contributed by atoms with Crippen LogP contribution in [0.25, 0.3) is 0 Å². The number of hydrogen-bond acceptors (Lipinski definition) is 5. The Hall–Kier alpha value is -2.54. The molecule has 1 fully saturated rings. The van der Waals surface area contributed by atoms with Gasteiger partial charge in [-0.1, -0.05) is 91.0 Å². The van der Waals surface area contributed by atoms with E-state index in [0.717, 1.165) is 16.7 Å². The molecular weight excluding hydrogens is 416 g/mol. The highest BCUT2D eigenvalue weighted by atomic mass is 16.7. The van der Waals surface area contributed by atoms with Crippen LogP contribution in [-0.2, 0) is 43.5 Å². The molecule has 1 aliphatic rings. The van der Waals surface area contributed by atoms with Gasteiger partial charge in [0, 0.05) is 14.9 Å². The summed E-state index contributed by atoms with van der Waals surface area (Å²) in [7, 11) is 1.55. The highest BCUT2D eigenvalue weighted by Crippen LogP contribution is 2.28. The number of benzene rings is 3. The van der Waals surface area contributed by atoms with Crippen molar-refractivity contribution in [3.8, 4) is 0 Å². The SMILES string of the molecule is [2H]C1[C@H](OC)O[C@H](COCc2ccccc2)[C@@H](OCc2ccccc2)[C@@H]1OCc1ccccc1. The fourth-order valence-corrected chi connectivity index (χ4v) is 3.79. The predicted molar refractivity (Wildman–Crippen MR) is 126 cm³/mol. The lowest BCUT2D eigenvalue weighted by Crippen LogP contribution is -2.52. The first-order valence-corrected chi connectivity index (χ1v) is 11.3. The van der Waals surface area contributed by atoms with Crippen molar-refractivity contribution in [1.29, 1.82) is 0 Å². The lowest BCUT2D eigenvalue weighted by Gasteiger charge is -2.41. The topological polar surface area (TPSA) is 46.2 Å². The molecule has 174 valence electrons. The molecular formula is C28H32O5. The van der Waals surface area contributed by atoms with Gasteiger partial charge < -0.3 is 23.7 Å². The van der Waals surface area contributed by atoms with Crippen LogP contribution in [0, 0.1) is 0 Å². The highest BCUT2D eigenvalue weighted by Gasteiger charge is 2.40. The van der Waals surface area contributed by atoms with Crippen LogP contribution in [0.2, 0.25) is 0 Å². The average Bonchev–Trinajstić information content (AvgIpc) is 2.89. The molecule has 0 N–H and O–H groups in total. The molecule has 1 saturated heterocycles. The highest BCUT2D eigenvalue weighted by molar-refractivity contribution is 5.15. The molecule has 1 aliphatic heterocycles. The minimum atomic E-state index is -0.764. The third-order valence-corrected chi connectivity index (χ3v) is 5.54. The summed E-state index contributed by atoms with van der Waals surface area (Å²) in [5.41, 5.74) is 3.16. The van der Waals surface area contributed by atoms with Crippen LogP contribution in [0.15, 0.2) is 91.0 Å². The van der Waals surface area contributed by atoms with Crippen LogP contribution >= 0.6 is 0 Å². The molecule has 0 bridgehead atoms. The van der Waals surface area contributed by atoms with Gasteiger partial charge in [0.25, 0.3) is 0 Å². The minimum Gasteiger partial charge on any atom is -0.374 e. The molecule has 33 heavy (non-hydrogen) atoms. The molecule has 4 rings (SSSR count). The van der Waals surface area contributed by atoms with Crippen LogP contribution in [0.4, 0.5) is 0 Å². The Morgan fingerprint density at radius 3 is 1.82 bits per heavy atom. The zero-order valence-electron chi connectivity index (χ0n) is 19.9. The molecule has 3 aromatic carbocycles. The summed E-state index contributed by atoms with van der Waals surface area (Å²) in [5, 5.41) is 0. The van der Waals surface area contributed by atoms with Gasteiger partial charge in [0.2, 0.25) is 0 Å². The second-order valence-electron chi connectivity index (χ2n) is 7.99. The Morgan fingerprint density at radius 1 is 0.758 bits per heavy atom. The van der Waals surface area contributed by atoms with Crippen molar-refractivity contribution in [3.05, 3.63) is 108 Å². The molecule has 1 unspecified atom stereocenters. The Bertz CT molecular complexity index is 956. The molecule has 0 radical (unpaired) electrons. The largest absolute Gasteiger partial charge is 0.374 e. The Kier molecular flexibility index (Phi) is 8.52. The molecule has 1 heterocycles. The Labute approximate surface area is 197 Å². The normalized spacial score (nSPS) is 25.5. The van der Waals surface area contributed by atoms with E-state index in [2.05, 4.69) is 0 Å². The van der Waals surface area contributed by atoms with Crippen LogP contribution in [0.1, 0.15) is 24.5 Å². The maximum Gasteiger partial charge on any atom is 0.160 e. The van der Waals surface area contributed by atoms with E-state index in [1.54, 1.807) is 7.11 Å². The molecule has 5 atom stereocenters. The van der Waals surface area contributed by atoms with Gasteiger partial charge >= 0.3 is 0 Å². The summed E-state index contributed by atoms with van der Waals surface area (Å²) < 4.78 is 39.0. The first kappa shape index (κ1) is 22.3. The summed E-state index contributed by atoms with van der Waals surface area (Å²) >= 11 is 0. The third-order valence-electron chi connectivity index (χ3n) is 5.54. The van der Waals surface area contributed by atoms with Gasteiger partial charge in [0.05, 0.1) is 32.5 Å². The fraction of sp³-hybridized carbons (Fsp3) is 0.357. The van der Waals surface area contributed by atoms with Gasteiger partial charge in [-0.05, 0) is 16.7 Å². The van der Waals surface area contributed by atoms with E-state index >= 15 is 0 Å². The number of methoxy groups -OCH3 is 1. The van der Waals surface area contributed by atoms with Crippen LogP contribution in [0.3, 0.4) is 0 Å². The van der Waals surface area contributed by atoms with Crippen LogP contribution < -0.4 is 0 Å². The summed E-state index contributed by atoms with van der Waals surface area (Å²) in [6, 6.07) is 29.9. The lowest BCUT2D eigenvalue weighted by molar-refractivity contribution is -0.272. The Balaban J connectivity index is 1.48. The van der Waals surface area contributed by atoms with E-state index in [1.807, 2.05) is 91.0 Å². The van der Waals surface area contributed by atoms with E-state index in [4.69, 9.17) is 25.1 Å². The second kappa shape index (κ2) is 12.6. The minimum absolute atomic E-state index is 0.298. The molecule has 0 spiro atoms. The number of ether oxygens (including phenoxy) is 5. The summed E-state index contributed by atoms with van der Waals surface area (Å²) in [6.07, 6.45) is -2.98. The second-order valence-corrected chi connectivity index (χ2v) is 7.99. The summed E-state index contributed by atoms with van der Waals surface area (Å²) in [4.78, 5) is 0. The monoisotopic (exact) mass is 449 g/mol. The first-order valence-electron chi connectivity index (χ1n) is 11.9. The van der Waals surface area contributed by atoms with E-state index in [-0.39, 0.29) is 0 Å². The zero-order valence-corrected chi connectivity index (χ0v) is 18.9. The van der Waals surface area contributed by atoms with Crippen LogP contribution in [-0.4, -0.2) is 38.3 Å². The molecule has 3 aromatic rings. The number of hydrogen-bond donors (Lipinski definition) is 0. The van der Waals surface area contributed by atoms with Gasteiger partial charge in [-0.2, -0.15) is 0 Å². The fourth-order valence-electron chi connectivity index (χ4n) is 3.79. The van der Waals surface area contributed by atoms with Gasteiger partial charge in [0.1, 0.15) is 12.2 Å². The third kappa shape index (κ3) is 7.22. The van der Waals surface area contributed by atoms with E-state index < -0.39 is 31.0 Å². The molecule has 0 aromatic heterocycles. The molecule has 0 aliphatic carbocycles.